The molecule has 102 valence electrons. The van der Waals surface area contributed by atoms with Gasteiger partial charge in [-0.15, -0.1) is 0 Å². The smallest absolute Gasteiger partial charge is 0.316 e. The summed E-state index contributed by atoms with van der Waals surface area (Å²) in [6.45, 7) is 0. The Bertz CT molecular complexity index is 721. The fourth-order valence-corrected chi connectivity index (χ4v) is 2.58. The molecule has 0 unspecified atom stereocenters. The Labute approximate surface area is 109 Å². The maximum atomic E-state index is 11.9. The lowest BCUT2D eigenvalue weighted by Crippen LogP contribution is -2.21. The molecule has 0 aliphatic carbocycles. The van der Waals surface area contributed by atoms with Crippen LogP contribution in [-0.2, 0) is 14.6 Å². The van der Waals surface area contributed by atoms with Gasteiger partial charge < -0.3 is 15.5 Å². The van der Waals surface area contributed by atoms with E-state index in [1.54, 1.807) is 12.1 Å². The van der Waals surface area contributed by atoms with Crippen LogP contribution in [0, 0.1) is 0 Å². The molecule has 3 N–H and O–H groups in total. The minimum Gasteiger partial charge on any atom is -0.428 e. The molecule has 1 amide bonds. The van der Waals surface area contributed by atoms with Crippen molar-refractivity contribution in [2.24, 2.45) is 0 Å². The molecule has 0 aliphatic heterocycles. The number of amides is 1. The van der Waals surface area contributed by atoms with E-state index in [2.05, 4.69) is 10.3 Å². The number of nitrogens with one attached hydrogen (secondary N) is 1. The number of oxazole rings is 1. The van der Waals surface area contributed by atoms with E-state index in [1.165, 1.54) is 13.1 Å². The summed E-state index contributed by atoms with van der Waals surface area (Å²) >= 11 is 0. The summed E-state index contributed by atoms with van der Waals surface area (Å²) in [5.74, 6) is -0.710. The van der Waals surface area contributed by atoms with Gasteiger partial charge in [-0.2, -0.15) is 4.98 Å². The molecule has 0 aliphatic rings. The zero-order valence-electron chi connectivity index (χ0n) is 10.2. The van der Waals surface area contributed by atoms with Gasteiger partial charge in [-0.1, -0.05) is 0 Å². The van der Waals surface area contributed by atoms with Crippen molar-refractivity contribution in [3.8, 4) is 0 Å². The Hall–Kier alpha value is -2.09. The molecule has 2 rings (SSSR count). The van der Waals surface area contributed by atoms with Gasteiger partial charge in [-0.05, 0) is 18.2 Å². The third kappa shape index (κ3) is 2.84. The topological polar surface area (TPSA) is 115 Å². The largest absolute Gasteiger partial charge is 0.428 e. The first-order chi connectivity index (χ1) is 8.92. The van der Waals surface area contributed by atoms with Gasteiger partial charge in [0.2, 0.25) is 15.7 Å². The monoisotopic (exact) mass is 283 g/mol. The molecule has 2 aromatic rings. The third-order valence-corrected chi connectivity index (χ3v) is 3.98. The van der Waals surface area contributed by atoms with Crippen molar-refractivity contribution in [3.63, 3.8) is 0 Å². The van der Waals surface area contributed by atoms with Gasteiger partial charge >= 0.3 is 5.22 Å². The van der Waals surface area contributed by atoms with Gasteiger partial charge in [0.15, 0.2) is 5.58 Å². The number of hydrogen-bond acceptors (Lipinski definition) is 6. The lowest BCUT2D eigenvalue weighted by molar-refractivity contribution is -0.120. The Morgan fingerprint density at radius 2 is 2.21 bits per heavy atom. The number of nitrogens with two attached hydrogens (primary N) is 1. The highest BCUT2D eigenvalue weighted by atomic mass is 32.2. The van der Waals surface area contributed by atoms with Crippen molar-refractivity contribution in [2.75, 3.05) is 18.5 Å². The Morgan fingerprint density at radius 1 is 1.47 bits per heavy atom. The van der Waals surface area contributed by atoms with Gasteiger partial charge in [-0.3, -0.25) is 4.79 Å². The van der Waals surface area contributed by atoms with Crippen LogP contribution in [0.2, 0.25) is 0 Å². The summed E-state index contributed by atoms with van der Waals surface area (Å²) in [6, 6.07) is 4.67. The van der Waals surface area contributed by atoms with E-state index in [-0.39, 0.29) is 18.1 Å². The Kier molecular flexibility index (Phi) is 3.43. The molecule has 0 atom stereocenters. The summed E-state index contributed by atoms with van der Waals surface area (Å²) in [5, 5.41) is 1.96. The lowest BCUT2D eigenvalue weighted by Gasteiger charge is -1.98. The van der Waals surface area contributed by atoms with E-state index in [4.69, 9.17) is 10.2 Å². The maximum absolute atomic E-state index is 11.9. The highest BCUT2D eigenvalue weighted by Gasteiger charge is 2.22. The van der Waals surface area contributed by atoms with E-state index in [0.29, 0.717) is 16.8 Å². The molecule has 0 saturated carbocycles. The number of fused-ring (bicyclic) bond motifs is 1. The molecule has 0 bridgehead atoms. The molecule has 1 aromatic carbocycles. The van der Waals surface area contributed by atoms with E-state index < -0.39 is 15.1 Å². The number of anilines is 1. The molecule has 0 fully saturated rings. The number of rotatable bonds is 4. The van der Waals surface area contributed by atoms with Crippen molar-refractivity contribution < 1.29 is 17.6 Å². The summed E-state index contributed by atoms with van der Waals surface area (Å²) in [5.41, 5.74) is 6.76. The SMILES string of the molecule is CNC(=O)CCS(=O)(=O)c1nc2cc(N)ccc2o1. The number of benzene rings is 1. The van der Waals surface area contributed by atoms with Crippen LogP contribution < -0.4 is 11.1 Å². The average Bonchev–Trinajstić information content (AvgIpc) is 2.79. The van der Waals surface area contributed by atoms with Gasteiger partial charge in [-0.25, -0.2) is 8.42 Å². The zero-order valence-corrected chi connectivity index (χ0v) is 11.0. The van der Waals surface area contributed by atoms with Gasteiger partial charge in [0.1, 0.15) is 5.52 Å². The number of nitrogen functional groups attached to an aromatic ring is 1. The van der Waals surface area contributed by atoms with E-state index in [1.807, 2.05) is 0 Å². The normalized spacial score (nSPS) is 11.6. The number of aromatic nitrogens is 1. The van der Waals surface area contributed by atoms with Crippen molar-refractivity contribution in [1.82, 2.24) is 10.3 Å². The van der Waals surface area contributed by atoms with E-state index in [9.17, 15) is 13.2 Å². The second-order valence-electron chi connectivity index (χ2n) is 3.95. The highest BCUT2D eigenvalue weighted by molar-refractivity contribution is 7.91. The molecule has 1 aromatic heterocycles. The molecule has 0 radical (unpaired) electrons. The third-order valence-electron chi connectivity index (χ3n) is 2.53. The van der Waals surface area contributed by atoms with Crippen LogP contribution in [0.1, 0.15) is 6.42 Å². The van der Waals surface area contributed by atoms with Gasteiger partial charge in [0.25, 0.3) is 0 Å². The molecule has 8 heteroatoms. The summed E-state index contributed by atoms with van der Waals surface area (Å²) in [6.07, 6.45) is -0.139. The molecule has 0 spiro atoms. The predicted molar refractivity (Wildman–Crippen MR) is 69.2 cm³/mol. The predicted octanol–water partition coefficient (Wildman–Crippen LogP) is 0.320. The Balaban J connectivity index is 2.30. The van der Waals surface area contributed by atoms with Crippen molar-refractivity contribution in [1.29, 1.82) is 0 Å². The minimum absolute atomic E-state index is 0.139. The molecular weight excluding hydrogens is 270 g/mol. The van der Waals surface area contributed by atoms with Crippen LogP contribution in [-0.4, -0.2) is 32.1 Å². The van der Waals surface area contributed by atoms with Crippen molar-refractivity contribution >= 4 is 32.5 Å². The van der Waals surface area contributed by atoms with Crippen molar-refractivity contribution in [2.45, 2.75) is 11.6 Å². The standard InChI is InChI=1S/C11H13N3O4S/c1-13-10(15)4-5-19(16,17)11-14-8-6-7(12)2-3-9(8)18-11/h2-3,6H,4-5,12H2,1H3,(H,13,15). The number of hydrogen-bond donors (Lipinski definition) is 2. The summed E-state index contributed by atoms with van der Waals surface area (Å²) < 4.78 is 29.0. The number of carbonyl (C=O) groups excluding carboxylic acids is 1. The first-order valence-electron chi connectivity index (χ1n) is 5.52. The molecule has 0 saturated heterocycles. The van der Waals surface area contributed by atoms with Crippen LogP contribution in [0.4, 0.5) is 5.69 Å². The van der Waals surface area contributed by atoms with E-state index in [0.717, 1.165) is 0 Å². The van der Waals surface area contributed by atoms with Gasteiger partial charge in [0.05, 0.1) is 5.75 Å². The van der Waals surface area contributed by atoms with Crippen LogP contribution in [0.15, 0.2) is 27.8 Å². The van der Waals surface area contributed by atoms with Crippen LogP contribution >= 0.6 is 0 Å². The minimum atomic E-state index is -3.72. The van der Waals surface area contributed by atoms with Gasteiger partial charge in [0, 0.05) is 19.2 Å². The zero-order chi connectivity index (χ0) is 14.0. The molecule has 1 heterocycles. The average molecular weight is 283 g/mol. The first-order valence-corrected chi connectivity index (χ1v) is 7.17. The van der Waals surface area contributed by atoms with Crippen LogP contribution in [0.25, 0.3) is 11.1 Å². The van der Waals surface area contributed by atoms with Crippen LogP contribution in [0.3, 0.4) is 0 Å². The maximum Gasteiger partial charge on any atom is 0.316 e. The second kappa shape index (κ2) is 4.88. The number of nitrogens with zero attached hydrogens (tertiary/aromatic N) is 1. The summed E-state index contributed by atoms with van der Waals surface area (Å²) in [4.78, 5) is 14.9. The fourth-order valence-electron chi connectivity index (χ4n) is 1.50. The summed E-state index contributed by atoms with van der Waals surface area (Å²) in [7, 11) is -2.28. The fraction of sp³-hybridized carbons (Fsp3) is 0.273. The van der Waals surface area contributed by atoms with E-state index >= 15 is 0 Å². The lowest BCUT2D eigenvalue weighted by atomic mass is 10.3. The Morgan fingerprint density at radius 3 is 2.89 bits per heavy atom. The second-order valence-corrected chi connectivity index (χ2v) is 5.94. The quantitative estimate of drug-likeness (QED) is 0.781. The van der Waals surface area contributed by atoms with Crippen LogP contribution in [0.5, 0.6) is 0 Å². The first kappa shape index (κ1) is 13.3. The molecule has 7 nitrogen and oxygen atoms in total. The molecule has 19 heavy (non-hydrogen) atoms. The number of sulfone groups is 1. The number of carbonyl (C=O) groups is 1. The van der Waals surface area contributed by atoms with Crippen molar-refractivity contribution in [3.05, 3.63) is 18.2 Å². The molecular formula is C11H13N3O4S. The highest BCUT2D eigenvalue weighted by Crippen LogP contribution is 2.21.